The maximum Gasteiger partial charge on any atom is 0.122 e. The zero-order valence-corrected chi connectivity index (χ0v) is 13.6. The van der Waals surface area contributed by atoms with E-state index in [1.165, 1.54) is 18.4 Å². The molecule has 0 aliphatic carbocycles. The summed E-state index contributed by atoms with van der Waals surface area (Å²) in [6.07, 6.45) is 2.51. The van der Waals surface area contributed by atoms with Crippen molar-refractivity contribution < 1.29 is 9.47 Å². The van der Waals surface area contributed by atoms with Gasteiger partial charge in [0, 0.05) is 24.7 Å². The number of nitrogens with zero attached hydrogens (tertiary/aromatic N) is 1. The molecule has 1 heterocycles. The average molecular weight is 292 g/mol. The monoisotopic (exact) mass is 292 g/mol. The van der Waals surface area contributed by atoms with Gasteiger partial charge in [-0.2, -0.15) is 0 Å². The van der Waals surface area contributed by atoms with Crippen molar-refractivity contribution in [3.8, 4) is 11.5 Å². The van der Waals surface area contributed by atoms with Crippen molar-refractivity contribution in [2.75, 3.05) is 27.3 Å². The van der Waals surface area contributed by atoms with Crippen LogP contribution in [0.3, 0.4) is 0 Å². The number of nitrogens with two attached hydrogens (primary N) is 1. The van der Waals surface area contributed by atoms with E-state index in [0.717, 1.165) is 18.0 Å². The van der Waals surface area contributed by atoms with Crippen molar-refractivity contribution in [2.24, 2.45) is 11.7 Å². The molecule has 0 bridgehead atoms. The Morgan fingerprint density at radius 1 is 1.19 bits per heavy atom. The van der Waals surface area contributed by atoms with E-state index >= 15 is 0 Å². The lowest BCUT2D eigenvalue weighted by molar-refractivity contribution is 0.149. The number of ether oxygens (including phenoxy) is 2. The highest BCUT2D eigenvalue weighted by Crippen LogP contribution is 2.35. The molecule has 0 spiro atoms. The van der Waals surface area contributed by atoms with Crippen molar-refractivity contribution in [1.29, 1.82) is 0 Å². The largest absolute Gasteiger partial charge is 0.497 e. The topological polar surface area (TPSA) is 47.7 Å². The Kier molecular flexibility index (Phi) is 5.48. The zero-order chi connectivity index (χ0) is 15.4. The van der Waals surface area contributed by atoms with E-state index in [4.69, 9.17) is 15.2 Å². The summed E-state index contributed by atoms with van der Waals surface area (Å²) in [7, 11) is 3.37. The van der Waals surface area contributed by atoms with Gasteiger partial charge in [-0.25, -0.2) is 0 Å². The molecule has 0 radical (unpaired) electrons. The fourth-order valence-electron chi connectivity index (χ4n) is 3.40. The third-order valence-corrected chi connectivity index (χ3v) is 4.49. The van der Waals surface area contributed by atoms with Gasteiger partial charge in [0.2, 0.25) is 0 Å². The lowest BCUT2D eigenvalue weighted by atomic mass is 9.98. The summed E-state index contributed by atoms with van der Waals surface area (Å²) in [4.78, 5) is 2.55. The summed E-state index contributed by atoms with van der Waals surface area (Å²) < 4.78 is 10.8. The van der Waals surface area contributed by atoms with Gasteiger partial charge >= 0.3 is 0 Å². The van der Waals surface area contributed by atoms with Crippen molar-refractivity contribution in [1.82, 2.24) is 4.90 Å². The second-order valence-corrected chi connectivity index (χ2v) is 6.09. The Labute approximate surface area is 128 Å². The van der Waals surface area contributed by atoms with E-state index in [1.54, 1.807) is 14.2 Å². The Hall–Kier alpha value is -1.26. The van der Waals surface area contributed by atoms with E-state index in [9.17, 15) is 0 Å². The lowest BCUT2D eigenvalue weighted by Crippen LogP contribution is -2.39. The Bertz CT molecular complexity index is 440. The molecule has 4 nitrogen and oxygen atoms in total. The standard InChI is InChI=1S/C17H28N2O2/c1-12(2)16-6-5-7-19(16)17(11-18)13-8-14(20-3)10-15(9-13)21-4/h8-10,12,16-17H,5-7,11,18H2,1-4H3. The molecule has 0 amide bonds. The Morgan fingerprint density at radius 2 is 1.81 bits per heavy atom. The molecule has 0 saturated carbocycles. The number of methoxy groups -OCH3 is 2. The molecule has 2 N–H and O–H groups in total. The van der Waals surface area contributed by atoms with Crippen LogP contribution in [0.1, 0.15) is 38.3 Å². The zero-order valence-electron chi connectivity index (χ0n) is 13.6. The van der Waals surface area contributed by atoms with Gasteiger partial charge in [0.15, 0.2) is 0 Å². The highest BCUT2D eigenvalue weighted by atomic mass is 16.5. The third kappa shape index (κ3) is 3.50. The summed E-state index contributed by atoms with van der Waals surface area (Å²) in [5.41, 5.74) is 7.29. The molecule has 1 aromatic carbocycles. The molecule has 1 aromatic rings. The fourth-order valence-corrected chi connectivity index (χ4v) is 3.40. The van der Waals surface area contributed by atoms with Gasteiger partial charge < -0.3 is 15.2 Å². The lowest BCUT2D eigenvalue weighted by Gasteiger charge is -2.35. The first-order chi connectivity index (χ1) is 10.1. The minimum atomic E-state index is 0.226. The fraction of sp³-hybridized carbons (Fsp3) is 0.647. The third-order valence-electron chi connectivity index (χ3n) is 4.49. The summed E-state index contributed by atoms with van der Waals surface area (Å²) in [5, 5.41) is 0. The van der Waals surface area contributed by atoms with Crippen molar-refractivity contribution >= 4 is 0 Å². The quantitative estimate of drug-likeness (QED) is 0.876. The maximum absolute atomic E-state index is 6.11. The highest BCUT2D eigenvalue weighted by Gasteiger charge is 2.32. The first-order valence-corrected chi connectivity index (χ1v) is 7.79. The first-order valence-electron chi connectivity index (χ1n) is 7.79. The predicted molar refractivity (Wildman–Crippen MR) is 85.9 cm³/mol. The van der Waals surface area contributed by atoms with Crippen LogP contribution in [0.25, 0.3) is 0 Å². The van der Waals surface area contributed by atoms with Crippen molar-refractivity contribution in [2.45, 2.75) is 38.8 Å². The second kappa shape index (κ2) is 7.14. The molecular weight excluding hydrogens is 264 g/mol. The summed E-state index contributed by atoms with van der Waals surface area (Å²) in [5.74, 6) is 2.29. The van der Waals surface area contributed by atoms with Crippen LogP contribution < -0.4 is 15.2 Å². The van der Waals surface area contributed by atoms with Gasteiger partial charge in [-0.15, -0.1) is 0 Å². The highest BCUT2D eigenvalue weighted by molar-refractivity contribution is 5.40. The van der Waals surface area contributed by atoms with Crippen LogP contribution >= 0.6 is 0 Å². The number of benzene rings is 1. The summed E-state index contributed by atoms with van der Waals surface area (Å²) in [6.45, 7) is 6.31. The van der Waals surface area contributed by atoms with Crippen LogP contribution in [-0.4, -0.2) is 38.3 Å². The molecule has 1 saturated heterocycles. The van der Waals surface area contributed by atoms with Crippen LogP contribution in [0.2, 0.25) is 0 Å². The maximum atomic E-state index is 6.11. The number of hydrogen-bond acceptors (Lipinski definition) is 4. The molecule has 118 valence electrons. The first kappa shape index (κ1) is 16.1. The molecule has 2 rings (SSSR count). The Morgan fingerprint density at radius 3 is 2.29 bits per heavy atom. The SMILES string of the molecule is COc1cc(OC)cc(C(CN)N2CCCC2C(C)C)c1. The van der Waals surface area contributed by atoms with Gasteiger partial charge in [-0.1, -0.05) is 13.8 Å². The molecule has 4 heteroatoms. The van der Waals surface area contributed by atoms with E-state index in [-0.39, 0.29) is 6.04 Å². The molecule has 21 heavy (non-hydrogen) atoms. The summed E-state index contributed by atoms with van der Waals surface area (Å²) >= 11 is 0. The minimum absolute atomic E-state index is 0.226. The number of likely N-dealkylation sites (tertiary alicyclic amines) is 1. The van der Waals surface area contributed by atoms with Crippen molar-refractivity contribution in [3.63, 3.8) is 0 Å². The van der Waals surface area contributed by atoms with Crippen LogP contribution in [-0.2, 0) is 0 Å². The smallest absolute Gasteiger partial charge is 0.122 e. The molecule has 2 unspecified atom stereocenters. The van der Waals surface area contributed by atoms with Gasteiger partial charge in [-0.05, 0) is 43.0 Å². The second-order valence-electron chi connectivity index (χ2n) is 6.09. The molecule has 1 aliphatic rings. The van der Waals surface area contributed by atoms with Crippen molar-refractivity contribution in [3.05, 3.63) is 23.8 Å². The molecular formula is C17H28N2O2. The van der Waals surface area contributed by atoms with E-state index in [1.807, 2.05) is 6.07 Å². The normalized spacial score (nSPS) is 20.8. The molecule has 0 aromatic heterocycles. The van der Waals surface area contributed by atoms with Gasteiger partial charge in [0.1, 0.15) is 11.5 Å². The molecule has 1 aliphatic heterocycles. The van der Waals surface area contributed by atoms with Gasteiger partial charge in [-0.3, -0.25) is 4.90 Å². The van der Waals surface area contributed by atoms with Gasteiger partial charge in [0.05, 0.1) is 14.2 Å². The number of rotatable bonds is 6. The van der Waals surface area contributed by atoms with Gasteiger partial charge in [0.25, 0.3) is 0 Å². The molecule has 2 atom stereocenters. The van der Waals surface area contributed by atoms with Crippen LogP contribution in [0.15, 0.2) is 18.2 Å². The van der Waals surface area contributed by atoms with E-state index < -0.39 is 0 Å². The van der Waals surface area contributed by atoms with E-state index in [0.29, 0.717) is 18.5 Å². The average Bonchev–Trinajstić information content (AvgIpc) is 2.97. The molecule has 1 fully saturated rings. The van der Waals surface area contributed by atoms with Crippen LogP contribution in [0.5, 0.6) is 11.5 Å². The summed E-state index contributed by atoms with van der Waals surface area (Å²) in [6, 6.07) is 6.90. The number of hydrogen-bond donors (Lipinski definition) is 1. The van der Waals surface area contributed by atoms with E-state index in [2.05, 4.69) is 30.9 Å². The predicted octanol–water partition coefficient (Wildman–Crippen LogP) is 2.82. The van der Waals surface area contributed by atoms with Crippen LogP contribution in [0.4, 0.5) is 0 Å². The van der Waals surface area contributed by atoms with Crippen LogP contribution in [0, 0.1) is 5.92 Å². The Balaban J connectivity index is 2.32. The minimum Gasteiger partial charge on any atom is -0.497 e.